The van der Waals surface area contributed by atoms with Gasteiger partial charge in [-0.3, -0.25) is 9.13 Å². The van der Waals surface area contributed by atoms with E-state index in [2.05, 4.69) is 151 Å². The van der Waals surface area contributed by atoms with E-state index in [9.17, 15) is 31.9 Å². The van der Waals surface area contributed by atoms with Gasteiger partial charge in [-0.15, -0.1) is 0 Å². The molecule has 6 aliphatic rings. The summed E-state index contributed by atoms with van der Waals surface area (Å²) in [4.78, 5) is 64.8. The highest BCUT2D eigenvalue weighted by Crippen LogP contribution is 2.45. The minimum absolute atomic E-state index is 0.00301. The average Bonchev–Trinajstić information content (AvgIpc) is 1.64. The molecular formula is C108H120Cl2F4N24O11. The molecule has 0 aliphatic carbocycles. The van der Waals surface area contributed by atoms with Crippen molar-refractivity contribution in [1.29, 1.82) is 0 Å². The van der Waals surface area contributed by atoms with E-state index in [0.717, 1.165) is 173 Å². The number of aromatic nitrogens is 18. The first-order valence-electron chi connectivity index (χ1n) is 50.5. The molecule has 6 aliphatic heterocycles. The summed E-state index contributed by atoms with van der Waals surface area (Å²) in [6.45, 7) is 27.1. The molecule has 21 rings (SSSR count). The number of rotatable bonds is 34. The number of anilines is 6. The highest BCUT2D eigenvalue weighted by Gasteiger charge is 2.49. The van der Waals surface area contributed by atoms with Crippen LogP contribution in [0.1, 0.15) is 109 Å². The van der Waals surface area contributed by atoms with Crippen molar-refractivity contribution in [2.45, 2.75) is 141 Å². The van der Waals surface area contributed by atoms with Crippen LogP contribution < -0.4 is 60.7 Å². The van der Waals surface area contributed by atoms with Crippen molar-refractivity contribution in [3.8, 4) is 34.3 Å². The number of hydrogen-bond donors (Lipinski definition) is 0. The molecule has 41 heteroatoms. The molecule has 0 spiro atoms. The topological polar surface area (TPSA) is 305 Å². The summed E-state index contributed by atoms with van der Waals surface area (Å²) in [6.07, 6.45) is 16.0. The highest BCUT2D eigenvalue weighted by molar-refractivity contribution is 6.35. The molecule has 6 fully saturated rings. The second-order valence-corrected chi connectivity index (χ2v) is 39.3. The molecule has 9 atom stereocenters. The Hall–Kier alpha value is -14.5. The quantitative estimate of drug-likeness (QED) is 0.0338. The van der Waals surface area contributed by atoms with Crippen molar-refractivity contribution in [2.24, 2.45) is 11.8 Å². The van der Waals surface area contributed by atoms with Gasteiger partial charge in [0.2, 0.25) is 11.6 Å². The fourth-order valence-corrected chi connectivity index (χ4v) is 20.5. The summed E-state index contributed by atoms with van der Waals surface area (Å²) in [5.41, 5.74) is 8.72. The molecule has 6 aromatic heterocycles. The molecule has 0 amide bonds. The maximum absolute atomic E-state index is 15.0. The Morgan fingerprint density at radius 3 is 1.12 bits per heavy atom. The lowest BCUT2D eigenvalue weighted by Gasteiger charge is -2.37. The monoisotopic (exact) mass is 2070 g/mol. The Morgan fingerprint density at radius 1 is 0.376 bits per heavy atom. The second kappa shape index (κ2) is 46.1. The van der Waals surface area contributed by atoms with E-state index in [1.54, 1.807) is 71.5 Å². The summed E-state index contributed by atoms with van der Waals surface area (Å²) in [5.74, 6) is -2.91. The van der Waals surface area contributed by atoms with E-state index in [-0.39, 0.29) is 85.6 Å². The van der Waals surface area contributed by atoms with Crippen LogP contribution >= 0.6 is 23.2 Å². The number of ether oxygens (including phenoxy) is 8. The first kappa shape index (κ1) is 103. The summed E-state index contributed by atoms with van der Waals surface area (Å²) >= 11 is 12.7. The van der Waals surface area contributed by atoms with Gasteiger partial charge < -0.3 is 67.3 Å². The van der Waals surface area contributed by atoms with Gasteiger partial charge in [0.05, 0.1) is 61.1 Å². The Bertz CT molecular complexity index is 6830. The van der Waals surface area contributed by atoms with Crippen LogP contribution in [0.25, 0.3) is 17.1 Å². The molecule has 8 unspecified atom stereocenters. The minimum atomic E-state index is -1.51. The van der Waals surface area contributed by atoms with Crippen molar-refractivity contribution in [3.05, 3.63) is 339 Å². The Kier molecular flexibility index (Phi) is 31.9. The standard InChI is InChI=1S/C38H44F2N8O3.C35H38Cl2N8O4.C35H38F2N8O4/c1-4-36(27(2)3)48-37(49)47(26-43-48)32-8-6-30(7-9-32)44-15-17-45(18-16-44)31-10-12-33(13-11-31)50-21-28-20-38(51-22-28,23-46-25-41-24-42-46)34-14-5-29(39)19-35(34)40;2*1-3-25(2)44-24-40-45(34(44)46)29-7-5-27(6-8-29)41-14-16-42(17-15-41)28-9-11-30(12-10-28)47-19-31-20-48-35(49-31,21-43-23-38-22-39-43)32-13-4-26(36)18-33(32)37/h5-14,19,24-28,36H,4,15-18,20-23H2,1-3H3;2*4-13,18,22-25,31H,3,14-17,19-21H2,1-2H3/t28?,36-,38?;;/m0../s1. The van der Waals surface area contributed by atoms with Gasteiger partial charge in [-0.05, 0) is 221 Å². The minimum Gasteiger partial charge on any atom is -0.493 e. The average molecular weight is 2080 g/mol. The van der Waals surface area contributed by atoms with Crippen LogP contribution in [0, 0.1) is 35.1 Å². The molecule has 9 aromatic carbocycles. The van der Waals surface area contributed by atoms with Gasteiger partial charge in [-0.1, -0.05) is 70.0 Å². The smallest absolute Gasteiger partial charge is 0.350 e. The van der Waals surface area contributed by atoms with Crippen LogP contribution in [0.15, 0.2) is 272 Å². The van der Waals surface area contributed by atoms with Crippen LogP contribution in [-0.4, -0.2) is 218 Å². The van der Waals surface area contributed by atoms with Crippen molar-refractivity contribution < 1.29 is 55.5 Å². The number of piperazine rings is 3. The third-order valence-corrected chi connectivity index (χ3v) is 29.1. The van der Waals surface area contributed by atoms with Gasteiger partial charge in [-0.2, -0.15) is 40.0 Å². The zero-order valence-electron chi connectivity index (χ0n) is 84.0. The highest BCUT2D eigenvalue weighted by atomic mass is 35.5. The normalized spacial score (nSPS) is 20.1. The number of benzene rings is 9. The summed E-state index contributed by atoms with van der Waals surface area (Å²) in [7, 11) is 0. The third kappa shape index (κ3) is 23.5. The third-order valence-electron chi connectivity index (χ3n) is 28.5. The molecule has 0 saturated carbocycles. The largest absolute Gasteiger partial charge is 0.493 e. The summed E-state index contributed by atoms with van der Waals surface area (Å²) in [5, 5.41) is 26.5. The van der Waals surface area contributed by atoms with Gasteiger partial charge in [0.25, 0.3) is 0 Å². The molecule has 0 bridgehead atoms. The van der Waals surface area contributed by atoms with E-state index in [4.69, 9.17) is 61.1 Å². The van der Waals surface area contributed by atoms with Crippen molar-refractivity contribution in [1.82, 2.24) is 87.3 Å². The first-order chi connectivity index (χ1) is 72.4. The van der Waals surface area contributed by atoms with Crippen LogP contribution in [-0.2, 0) is 60.5 Å². The zero-order valence-corrected chi connectivity index (χ0v) is 85.5. The van der Waals surface area contributed by atoms with Gasteiger partial charge in [0.1, 0.15) is 142 Å². The molecule has 35 nitrogen and oxygen atoms in total. The van der Waals surface area contributed by atoms with Crippen LogP contribution in [0.2, 0.25) is 10.0 Å². The molecule has 6 saturated heterocycles. The predicted molar refractivity (Wildman–Crippen MR) is 557 cm³/mol. The predicted octanol–water partition coefficient (Wildman–Crippen LogP) is 16.0. The lowest BCUT2D eigenvalue weighted by molar-refractivity contribution is -0.192. The van der Waals surface area contributed by atoms with Crippen molar-refractivity contribution in [2.75, 3.05) is 148 Å². The molecule has 0 radical (unpaired) electrons. The molecule has 780 valence electrons. The van der Waals surface area contributed by atoms with E-state index in [1.165, 1.54) is 63.6 Å². The zero-order chi connectivity index (χ0) is 103. The van der Waals surface area contributed by atoms with E-state index < -0.39 is 46.5 Å². The van der Waals surface area contributed by atoms with Crippen molar-refractivity contribution >= 4 is 57.3 Å². The molecule has 0 N–H and O–H groups in total. The van der Waals surface area contributed by atoms with Crippen LogP contribution in [0.4, 0.5) is 51.7 Å². The van der Waals surface area contributed by atoms with E-state index >= 15 is 0 Å². The molecule has 149 heavy (non-hydrogen) atoms. The lowest BCUT2D eigenvalue weighted by atomic mass is 9.87. The number of halogens is 6. The van der Waals surface area contributed by atoms with Gasteiger partial charge in [0, 0.05) is 165 Å². The Balaban J connectivity index is 0.000000140. The fourth-order valence-electron chi connectivity index (χ4n) is 19.9. The van der Waals surface area contributed by atoms with Gasteiger partial charge in [0.15, 0.2) is 0 Å². The van der Waals surface area contributed by atoms with Crippen LogP contribution in [0.5, 0.6) is 17.2 Å². The number of nitrogens with zero attached hydrogens (tertiary/aromatic N) is 24. The maximum atomic E-state index is 15.0. The second-order valence-electron chi connectivity index (χ2n) is 38.4. The molecule has 12 heterocycles. The van der Waals surface area contributed by atoms with E-state index in [1.807, 2.05) is 124 Å². The number of hydrogen-bond acceptors (Lipinski definition) is 26. The SMILES string of the molecule is CCC(C)n1cnn(-c2ccc(N3CCN(c4ccc(OCC5COC(Cn6cncn6)(c6ccc(Cl)cc6Cl)O5)cc4)CC3)cc2)c1=O.CCC(C)n1cnn(-c2ccc(N3CCN(c4ccc(OCC5COC(Cn6cncn6)(c6ccc(F)cc6F)O5)cc4)CC3)cc2)c1=O.CC[C@@H](C(C)C)n1ncn(-c2ccc(N3CCN(c4ccc(OCC5COC(Cn6cncn6)(c6ccc(F)cc6F)C5)cc4)CC3)cc2)c1=O. The summed E-state index contributed by atoms with van der Waals surface area (Å²) in [6, 6.07) is 60.7. The van der Waals surface area contributed by atoms with Crippen molar-refractivity contribution in [3.63, 3.8) is 0 Å². The molecular weight excluding hydrogens is 1960 g/mol. The Labute approximate surface area is 868 Å². The fraction of sp³-hybridized carbons (Fsp3) is 0.389. The lowest BCUT2D eigenvalue weighted by Crippen LogP contribution is -2.46. The van der Waals surface area contributed by atoms with Gasteiger partial charge >= 0.3 is 17.1 Å². The first-order valence-corrected chi connectivity index (χ1v) is 51.2. The van der Waals surface area contributed by atoms with Crippen LogP contribution in [0.3, 0.4) is 0 Å². The van der Waals surface area contributed by atoms with Gasteiger partial charge in [-0.25, -0.2) is 70.2 Å². The molecule has 15 aromatic rings. The summed E-state index contributed by atoms with van der Waals surface area (Å²) < 4.78 is 121. The van der Waals surface area contributed by atoms with E-state index in [0.29, 0.717) is 65.7 Å². The maximum Gasteiger partial charge on any atom is 0.350 e. The Morgan fingerprint density at radius 2 is 0.745 bits per heavy atom.